The number of para-hydroxylation sites is 3. The second-order valence-electron chi connectivity index (χ2n) is 14.9. The second-order valence-corrected chi connectivity index (χ2v) is 16.0. The van der Waals surface area contributed by atoms with Crippen molar-refractivity contribution in [2.75, 3.05) is 0 Å². The molecule has 13 aromatic rings. The zero-order valence-electron chi connectivity index (χ0n) is 35.8. The number of nitrogens with zero attached hydrogens (tertiary/aromatic N) is 2. The largest absolute Gasteiger partial charge is 0.456 e. The van der Waals surface area contributed by atoms with E-state index in [0.29, 0.717) is 5.56 Å². The van der Waals surface area contributed by atoms with Crippen LogP contribution in [0.4, 0.5) is 0 Å². The number of hydrogen-bond donors (Lipinski definition) is 0. The predicted molar refractivity (Wildman–Crippen MR) is 246 cm³/mol. The molecule has 3 nitrogen and oxygen atoms in total. The molecule has 0 atom stereocenters. The van der Waals surface area contributed by atoms with Gasteiger partial charge in [0.1, 0.15) is 11.2 Å². The van der Waals surface area contributed by atoms with Gasteiger partial charge in [0.25, 0.3) is 0 Å². The first-order chi connectivity index (χ1) is 30.8. The molecule has 9 aromatic carbocycles. The highest BCUT2D eigenvalue weighted by molar-refractivity contribution is 7.26. The molecular formula is C54H32N2OS. The highest BCUT2D eigenvalue weighted by Gasteiger charge is 2.18. The van der Waals surface area contributed by atoms with Gasteiger partial charge in [0.15, 0.2) is 0 Å². The maximum atomic E-state index is 8.80. The first-order valence-electron chi connectivity index (χ1n) is 21.8. The van der Waals surface area contributed by atoms with E-state index < -0.39 is 6.04 Å². The molecule has 0 saturated carbocycles. The molecule has 58 heavy (non-hydrogen) atoms. The topological polar surface area (TPSA) is 23.0 Å². The zero-order chi connectivity index (χ0) is 42.2. The Morgan fingerprint density at radius 2 is 0.983 bits per heavy atom. The average molecular weight is 762 g/mol. The standard InChI is InChI=1S/C54H32N2OS/c1-2-11-33(12-3-1)38-16-10-20-53-54(38)45-32-37(24-28-52(45)58-53)56-47-18-8-5-14-40(47)43-30-35(22-26-49(43)56)34-21-25-48-42(29-34)39-13-4-7-17-46(39)55(48)36-23-27-51-44(31-36)41-15-6-9-19-50(41)57-51/h1-32H/i1D,2D,3D,11D,12D. The summed E-state index contributed by atoms with van der Waals surface area (Å²) in [6.45, 7) is 0. The SMILES string of the molecule is [2H]c1c([2H])c([2H])c(-c2cccc3sc4ccc(-n5c6ccccc6c6cc(-c7ccc8c(c7)c7ccccc7n8-c7ccc8oc9ccccc9c8c7)ccc65)cc4c23)c([2H])c1[2H]. The highest BCUT2D eigenvalue weighted by atomic mass is 32.1. The average Bonchev–Trinajstić information content (AvgIpc) is 4.07. The fourth-order valence-electron chi connectivity index (χ4n) is 9.26. The number of benzene rings is 9. The summed E-state index contributed by atoms with van der Waals surface area (Å²) >= 11 is 1.64. The van der Waals surface area contributed by atoms with Crippen molar-refractivity contribution >= 4 is 97.1 Å². The molecule has 0 unspecified atom stereocenters. The monoisotopic (exact) mass is 761 g/mol. The molecule has 4 aromatic heterocycles. The van der Waals surface area contributed by atoms with Crippen LogP contribution in [-0.4, -0.2) is 9.13 Å². The molecule has 4 heterocycles. The van der Waals surface area contributed by atoms with E-state index in [9.17, 15) is 0 Å². The number of hydrogen-bond acceptors (Lipinski definition) is 2. The zero-order valence-corrected chi connectivity index (χ0v) is 31.6. The van der Waals surface area contributed by atoms with Gasteiger partial charge >= 0.3 is 0 Å². The van der Waals surface area contributed by atoms with Crippen molar-refractivity contribution < 1.29 is 11.3 Å². The van der Waals surface area contributed by atoms with Gasteiger partial charge in [-0.3, -0.25) is 0 Å². The molecule has 0 aliphatic heterocycles. The molecule has 13 rings (SSSR count). The third kappa shape index (κ3) is 4.55. The first-order valence-corrected chi connectivity index (χ1v) is 20.2. The van der Waals surface area contributed by atoms with E-state index in [4.69, 9.17) is 11.3 Å². The third-order valence-corrected chi connectivity index (χ3v) is 12.9. The molecule has 0 aliphatic carbocycles. The van der Waals surface area contributed by atoms with Gasteiger partial charge in [0.2, 0.25) is 0 Å². The Balaban J connectivity index is 0.968. The van der Waals surface area contributed by atoms with E-state index in [0.717, 1.165) is 97.5 Å². The van der Waals surface area contributed by atoms with Crippen molar-refractivity contribution in [3.8, 4) is 33.6 Å². The lowest BCUT2D eigenvalue weighted by atomic mass is 9.99. The van der Waals surface area contributed by atoms with Gasteiger partial charge in [-0.05, 0) is 107 Å². The lowest BCUT2D eigenvalue weighted by Gasteiger charge is -2.10. The highest BCUT2D eigenvalue weighted by Crippen LogP contribution is 2.43. The Labute approximate surface area is 343 Å². The molecular weight excluding hydrogens is 725 g/mol. The Hall–Kier alpha value is -7.40. The minimum Gasteiger partial charge on any atom is -0.456 e. The van der Waals surface area contributed by atoms with Crippen molar-refractivity contribution in [3.63, 3.8) is 0 Å². The van der Waals surface area contributed by atoms with Crippen molar-refractivity contribution in [1.29, 1.82) is 0 Å². The van der Waals surface area contributed by atoms with Crippen LogP contribution < -0.4 is 0 Å². The maximum Gasteiger partial charge on any atom is 0.135 e. The third-order valence-electron chi connectivity index (χ3n) is 11.8. The Morgan fingerprint density at radius 3 is 1.69 bits per heavy atom. The van der Waals surface area contributed by atoms with E-state index >= 15 is 0 Å². The lowest BCUT2D eigenvalue weighted by molar-refractivity contribution is 0.669. The summed E-state index contributed by atoms with van der Waals surface area (Å²) in [6.07, 6.45) is 0. The molecule has 0 spiro atoms. The van der Waals surface area contributed by atoms with Gasteiger partial charge in [-0.15, -0.1) is 11.3 Å². The van der Waals surface area contributed by atoms with Crippen LogP contribution in [0.3, 0.4) is 0 Å². The Morgan fingerprint density at radius 1 is 0.397 bits per heavy atom. The van der Waals surface area contributed by atoms with Crippen molar-refractivity contribution in [2.24, 2.45) is 0 Å². The molecule has 0 saturated heterocycles. The Bertz CT molecular complexity index is 4090. The Kier molecular flexibility index (Phi) is 5.66. The fourth-order valence-corrected chi connectivity index (χ4v) is 10.4. The summed E-state index contributed by atoms with van der Waals surface area (Å²) in [5.41, 5.74) is 11.4. The van der Waals surface area contributed by atoms with E-state index in [1.807, 2.05) is 30.3 Å². The van der Waals surface area contributed by atoms with Crippen LogP contribution >= 0.6 is 11.3 Å². The molecule has 4 heteroatoms. The molecule has 270 valence electrons. The molecule has 0 fully saturated rings. The smallest absolute Gasteiger partial charge is 0.135 e. The summed E-state index contributed by atoms with van der Waals surface area (Å²) < 4.78 is 55.5. The second kappa shape index (κ2) is 12.1. The molecule has 0 aliphatic rings. The minimum atomic E-state index is -0.394. The number of fused-ring (bicyclic) bond motifs is 12. The van der Waals surface area contributed by atoms with Gasteiger partial charge in [0.05, 0.1) is 28.9 Å². The quantitative estimate of drug-likeness (QED) is 0.175. The van der Waals surface area contributed by atoms with Gasteiger partial charge in [-0.1, -0.05) is 109 Å². The van der Waals surface area contributed by atoms with E-state index in [2.05, 4.69) is 143 Å². The normalized spacial score (nSPS) is 13.3. The fraction of sp³-hybridized carbons (Fsp3) is 0. The van der Waals surface area contributed by atoms with Crippen LogP contribution in [0.2, 0.25) is 0 Å². The molecule has 0 amide bonds. The van der Waals surface area contributed by atoms with Crippen LogP contribution in [0, 0.1) is 0 Å². The number of thiophene rings is 1. The van der Waals surface area contributed by atoms with Gasteiger partial charge in [0, 0.05) is 63.9 Å². The lowest BCUT2D eigenvalue weighted by Crippen LogP contribution is -1.94. The summed E-state index contributed by atoms with van der Waals surface area (Å²) in [5.74, 6) is 0. The van der Waals surface area contributed by atoms with E-state index in [1.165, 1.54) is 10.8 Å². The predicted octanol–water partition coefficient (Wildman–Crippen LogP) is 15.5. The van der Waals surface area contributed by atoms with Crippen LogP contribution in [0.1, 0.15) is 6.85 Å². The number of rotatable bonds is 4. The van der Waals surface area contributed by atoms with E-state index in [1.54, 1.807) is 11.3 Å². The van der Waals surface area contributed by atoms with Crippen molar-refractivity contribution in [3.05, 3.63) is 194 Å². The van der Waals surface area contributed by atoms with Crippen LogP contribution in [0.15, 0.2) is 198 Å². The molecule has 0 radical (unpaired) electrons. The van der Waals surface area contributed by atoms with E-state index in [-0.39, 0.29) is 29.7 Å². The summed E-state index contributed by atoms with van der Waals surface area (Å²) in [5, 5.41) is 8.72. The summed E-state index contributed by atoms with van der Waals surface area (Å²) in [7, 11) is 0. The van der Waals surface area contributed by atoms with Gasteiger partial charge in [-0.2, -0.15) is 0 Å². The number of furan rings is 1. The van der Waals surface area contributed by atoms with Crippen LogP contribution in [0.5, 0.6) is 0 Å². The van der Waals surface area contributed by atoms with Crippen molar-refractivity contribution in [2.45, 2.75) is 0 Å². The van der Waals surface area contributed by atoms with Gasteiger partial charge in [-0.25, -0.2) is 0 Å². The molecule has 0 N–H and O–H groups in total. The minimum absolute atomic E-state index is 0.201. The maximum absolute atomic E-state index is 8.80. The summed E-state index contributed by atoms with van der Waals surface area (Å²) in [6, 6.07) is 56.1. The van der Waals surface area contributed by atoms with Gasteiger partial charge < -0.3 is 13.6 Å². The summed E-state index contributed by atoms with van der Waals surface area (Å²) in [4.78, 5) is 0. The molecule has 0 bridgehead atoms. The van der Waals surface area contributed by atoms with Crippen molar-refractivity contribution in [1.82, 2.24) is 9.13 Å². The van der Waals surface area contributed by atoms with Crippen LogP contribution in [0.25, 0.3) is 119 Å². The number of aromatic nitrogens is 2. The first kappa shape index (κ1) is 27.2. The van der Waals surface area contributed by atoms with Crippen LogP contribution in [-0.2, 0) is 0 Å².